The summed E-state index contributed by atoms with van der Waals surface area (Å²) in [4.78, 5) is 23.8. The van der Waals surface area contributed by atoms with Gasteiger partial charge in [-0.05, 0) is 57.8 Å². The molecule has 0 unspecified atom stereocenters. The molecule has 5 heteroatoms. The highest BCUT2D eigenvalue weighted by molar-refractivity contribution is 5.69. The van der Waals surface area contributed by atoms with Crippen LogP contribution in [0.25, 0.3) is 0 Å². The fourth-order valence-electron chi connectivity index (χ4n) is 4.58. The molecule has 44 heavy (non-hydrogen) atoms. The minimum absolute atomic E-state index is 0.128. The Morgan fingerprint density at radius 2 is 0.864 bits per heavy atom. The monoisotopic (exact) mass is 614 g/mol. The highest BCUT2D eigenvalue weighted by atomic mass is 16.6. The van der Waals surface area contributed by atoms with E-state index in [0.29, 0.717) is 12.8 Å². The first-order valence-electron chi connectivity index (χ1n) is 17.8. The van der Waals surface area contributed by atoms with E-state index in [1.807, 2.05) is 0 Å². The topological polar surface area (TPSA) is 72.8 Å². The first-order chi connectivity index (χ1) is 21.6. The number of hydrogen-bond donors (Lipinski definition) is 1. The van der Waals surface area contributed by atoms with E-state index in [-0.39, 0.29) is 25.2 Å². The SMILES string of the molecule is CC/C=C\C/C=C\C/C=C\C/C=C\C/C=C\CCCCCC(=O)OC[C@H](O)COC(=O)CCCCCCCCCCCCC. The fourth-order valence-corrected chi connectivity index (χ4v) is 4.58. The summed E-state index contributed by atoms with van der Waals surface area (Å²) in [6.45, 7) is 4.13. The summed E-state index contributed by atoms with van der Waals surface area (Å²) >= 11 is 0. The maximum Gasteiger partial charge on any atom is 0.305 e. The van der Waals surface area contributed by atoms with Crippen LogP contribution in [-0.2, 0) is 19.1 Å². The fraction of sp³-hybridized carbons (Fsp3) is 0.692. The van der Waals surface area contributed by atoms with Gasteiger partial charge >= 0.3 is 11.9 Å². The standard InChI is InChI=1S/C39H66O5/c1-3-5-7-9-11-13-15-16-17-18-19-20-21-22-24-26-28-30-32-34-39(42)44-36-37(40)35-43-38(41)33-31-29-27-25-23-14-12-10-8-6-4-2/h5,7,11,13,16-17,19-20,22,24,37,40H,3-4,6,8-10,12,14-15,18,21,23,25-36H2,1-2H3/b7-5-,13-11-,17-16-,20-19-,24-22-/t37-/m1/s1. The molecule has 252 valence electrons. The van der Waals surface area contributed by atoms with Crippen molar-refractivity contribution in [3.8, 4) is 0 Å². The highest BCUT2D eigenvalue weighted by Crippen LogP contribution is 2.12. The van der Waals surface area contributed by atoms with Crippen molar-refractivity contribution in [3.63, 3.8) is 0 Å². The third kappa shape index (κ3) is 34.1. The van der Waals surface area contributed by atoms with Crippen LogP contribution in [0.3, 0.4) is 0 Å². The summed E-state index contributed by atoms with van der Waals surface area (Å²) in [5, 5.41) is 9.97. The van der Waals surface area contributed by atoms with Crippen molar-refractivity contribution in [2.75, 3.05) is 13.2 Å². The molecule has 0 bridgehead atoms. The summed E-state index contributed by atoms with van der Waals surface area (Å²) in [7, 11) is 0. The van der Waals surface area contributed by atoms with Crippen molar-refractivity contribution in [2.45, 2.75) is 161 Å². The van der Waals surface area contributed by atoms with Crippen molar-refractivity contribution in [1.29, 1.82) is 0 Å². The van der Waals surface area contributed by atoms with Crippen LogP contribution < -0.4 is 0 Å². The van der Waals surface area contributed by atoms with Gasteiger partial charge in [0.1, 0.15) is 19.3 Å². The number of rotatable bonds is 31. The lowest BCUT2D eigenvalue weighted by Crippen LogP contribution is -2.25. The Hall–Kier alpha value is -2.40. The van der Waals surface area contributed by atoms with Gasteiger partial charge in [-0.15, -0.1) is 0 Å². The van der Waals surface area contributed by atoms with Crippen molar-refractivity contribution in [3.05, 3.63) is 60.8 Å². The van der Waals surface area contributed by atoms with Crippen molar-refractivity contribution >= 4 is 11.9 Å². The Balaban J connectivity index is 3.55. The van der Waals surface area contributed by atoms with Crippen molar-refractivity contribution < 1.29 is 24.2 Å². The molecule has 0 heterocycles. The van der Waals surface area contributed by atoms with Crippen LogP contribution in [0.4, 0.5) is 0 Å². The first-order valence-corrected chi connectivity index (χ1v) is 17.8. The number of allylic oxidation sites excluding steroid dienone is 10. The van der Waals surface area contributed by atoms with Gasteiger partial charge in [0.15, 0.2) is 0 Å². The number of aliphatic hydroxyl groups is 1. The number of hydrogen-bond acceptors (Lipinski definition) is 5. The molecule has 0 spiro atoms. The van der Waals surface area contributed by atoms with Crippen molar-refractivity contribution in [2.24, 2.45) is 0 Å². The predicted molar refractivity (Wildman–Crippen MR) is 187 cm³/mol. The van der Waals surface area contributed by atoms with E-state index < -0.39 is 6.10 Å². The van der Waals surface area contributed by atoms with Crippen LogP contribution in [0.1, 0.15) is 155 Å². The molecule has 0 aliphatic rings. The summed E-state index contributed by atoms with van der Waals surface area (Å²) in [6, 6.07) is 0. The molecule has 0 saturated heterocycles. The van der Waals surface area contributed by atoms with E-state index in [0.717, 1.165) is 77.0 Å². The van der Waals surface area contributed by atoms with Gasteiger partial charge in [0, 0.05) is 12.8 Å². The number of carbonyl (C=O) groups excluding carboxylic acids is 2. The second kappa shape index (κ2) is 35.1. The molecule has 0 radical (unpaired) electrons. The van der Waals surface area contributed by atoms with E-state index in [4.69, 9.17) is 9.47 Å². The van der Waals surface area contributed by atoms with Gasteiger partial charge in [0.25, 0.3) is 0 Å². The second-order valence-corrected chi connectivity index (χ2v) is 11.6. The summed E-state index contributed by atoms with van der Waals surface area (Å²) < 4.78 is 10.3. The van der Waals surface area contributed by atoms with E-state index in [1.54, 1.807) is 0 Å². The summed E-state index contributed by atoms with van der Waals surface area (Å²) in [6.07, 6.45) is 44.1. The Morgan fingerprint density at radius 1 is 0.500 bits per heavy atom. The van der Waals surface area contributed by atoms with Crippen LogP contribution in [-0.4, -0.2) is 36.4 Å². The molecule has 1 N–H and O–H groups in total. The molecule has 0 aromatic heterocycles. The molecule has 0 saturated carbocycles. The molecular formula is C39H66O5. The number of ether oxygens (including phenoxy) is 2. The van der Waals surface area contributed by atoms with Gasteiger partial charge in [-0.2, -0.15) is 0 Å². The first kappa shape index (κ1) is 41.6. The lowest BCUT2D eigenvalue weighted by Gasteiger charge is -2.12. The number of aliphatic hydroxyl groups excluding tert-OH is 1. The number of unbranched alkanes of at least 4 members (excludes halogenated alkanes) is 13. The Labute approximate surface area is 271 Å². The molecule has 0 fully saturated rings. The maximum absolute atomic E-state index is 11.9. The van der Waals surface area contributed by atoms with E-state index in [1.165, 1.54) is 51.4 Å². The lowest BCUT2D eigenvalue weighted by molar-refractivity contribution is -0.152. The van der Waals surface area contributed by atoms with Gasteiger partial charge < -0.3 is 14.6 Å². The number of carbonyl (C=O) groups is 2. The third-order valence-corrected chi connectivity index (χ3v) is 7.27. The molecular weight excluding hydrogens is 548 g/mol. The molecule has 1 atom stereocenters. The Bertz CT molecular complexity index is 792. The summed E-state index contributed by atoms with van der Waals surface area (Å²) in [5.74, 6) is -0.606. The van der Waals surface area contributed by atoms with E-state index in [9.17, 15) is 14.7 Å². The Kier molecular flexibility index (Phi) is 33.2. The maximum atomic E-state index is 11.9. The zero-order valence-electron chi connectivity index (χ0n) is 28.4. The molecule has 0 amide bonds. The van der Waals surface area contributed by atoms with Crippen LogP contribution in [0.5, 0.6) is 0 Å². The minimum atomic E-state index is -0.976. The predicted octanol–water partition coefficient (Wildman–Crippen LogP) is 10.8. The van der Waals surface area contributed by atoms with Gasteiger partial charge in [-0.25, -0.2) is 0 Å². The van der Waals surface area contributed by atoms with E-state index >= 15 is 0 Å². The van der Waals surface area contributed by atoms with Crippen LogP contribution in [0.15, 0.2) is 60.8 Å². The zero-order chi connectivity index (χ0) is 32.2. The number of esters is 2. The molecule has 0 aliphatic carbocycles. The minimum Gasteiger partial charge on any atom is -0.463 e. The highest BCUT2D eigenvalue weighted by Gasteiger charge is 2.12. The Morgan fingerprint density at radius 3 is 1.30 bits per heavy atom. The largest absolute Gasteiger partial charge is 0.463 e. The normalized spacial score (nSPS) is 12.9. The van der Waals surface area contributed by atoms with Gasteiger partial charge in [0.2, 0.25) is 0 Å². The van der Waals surface area contributed by atoms with Gasteiger partial charge in [-0.3, -0.25) is 9.59 Å². The van der Waals surface area contributed by atoms with Gasteiger partial charge in [-0.1, -0.05) is 145 Å². The molecule has 5 nitrogen and oxygen atoms in total. The molecule has 0 rings (SSSR count). The second-order valence-electron chi connectivity index (χ2n) is 11.6. The van der Waals surface area contributed by atoms with Crippen LogP contribution in [0.2, 0.25) is 0 Å². The average molecular weight is 615 g/mol. The molecule has 0 aromatic rings. The van der Waals surface area contributed by atoms with E-state index in [2.05, 4.69) is 74.6 Å². The quantitative estimate of drug-likeness (QED) is 0.0478. The zero-order valence-corrected chi connectivity index (χ0v) is 28.4. The average Bonchev–Trinajstić information content (AvgIpc) is 3.02. The molecule has 0 aromatic carbocycles. The van der Waals surface area contributed by atoms with Gasteiger partial charge in [0.05, 0.1) is 0 Å². The third-order valence-electron chi connectivity index (χ3n) is 7.27. The summed E-state index contributed by atoms with van der Waals surface area (Å²) in [5.41, 5.74) is 0. The van der Waals surface area contributed by atoms with Crippen LogP contribution in [0, 0.1) is 0 Å². The molecule has 0 aliphatic heterocycles. The van der Waals surface area contributed by atoms with Crippen molar-refractivity contribution in [1.82, 2.24) is 0 Å². The smallest absolute Gasteiger partial charge is 0.305 e. The lowest BCUT2D eigenvalue weighted by atomic mass is 10.1. The van der Waals surface area contributed by atoms with Crippen LogP contribution >= 0.6 is 0 Å².